The van der Waals surface area contributed by atoms with Gasteiger partial charge in [-0.3, -0.25) is 9.52 Å². The molecule has 0 aliphatic carbocycles. The molecule has 0 fully saturated rings. The maximum absolute atomic E-state index is 11.9. The molecule has 2 aromatic rings. The first-order chi connectivity index (χ1) is 9.31. The zero-order chi connectivity index (χ0) is 14.9. The summed E-state index contributed by atoms with van der Waals surface area (Å²) in [6.45, 7) is 3.07. The Balaban J connectivity index is 2.23. The van der Waals surface area contributed by atoms with E-state index in [9.17, 15) is 13.2 Å². The lowest BCUT2D eigenvalue weighted by molar-refractivity contribution is -0.118. The van der Waals surface area contributed by atoms with E-state index in [2.05, 4.69) is 4.72 Å². The monoisotopic (exact) mass is 294 g/mol. The van der Waals surface area contributed by atoms with Crippen LogP contribution in [0.25, 0.3) is 10.9 Å². The fourth-order valence-electron chi connectivity index (χ4n) is 2.05. The van der Waals surface area contributed by atoms with E-state index in [4.69, 9.17) is 0 Å². The van der Waals surface area contributed by atoms with Gasteiger partial charge >= 0.3 is 0 Å². The molecule has 1 N–H and O–H groups in total. The standard InChI is InChI=1S/C14H18N2O3S/c1-10(2)20(18,19)15-14(17)8-11-9-16(3)13-7-5-4-6-12(11)13/h4-7,9-10H,8H2,1-3H3,(H,15,17). The average Bonchev–Trinajstić information content (AvgIpc) is 2.66. The molecule has 20 heavy (non-hydrogen) atoms. The second-order valence-corrected chi connectivity index (χ2v) is 7.32. The van der Waals surface area contributed by atoms with Crippen molar-refractivity contribution in [3.63, 3.8) is 0 Å². The number of hydrogen-bond acceptors (Lipinski definition) is 3. The number of carbonyl (C=O) groups excluding carboxylic acids is 1. The topological polar surface area (TPSA) is 68.2 Å². The number of para-hydroxylation sites is 1. The van der Waals surface area contributed by atoms with Crippen LogP contribution in [0.2, 0.25) is 0 Å². The number of benzene rings is 1. The van der Waals surface area contributed by atoms with E-state index in [1.807, 2.05) is 42.1 Å². The molecule has 0 radical (unpaired) electrons. The first kappa shape index (κ1) is 14.6. The van der Waals surface area contributed by atoms with Crippen molar-refractivity contribution in [3.05, 3.63) is 36.0 Å². The lowest BCUT2D eigenvalue weighted by Crippen LogP contribution is -2.36. The van der Waals surface area contributed by atoms with Gasteiger partial charge in [-0.15, -0.1) is 0 Å². The highest BCUT2D eigenvalue weighted by Gasteiger charge is 2.20. The van der Waals surface area contributed by atoms with Gasteiger partial charge in [0.1, 0.15) is 0 Å². The summed E-state index contributed by atoms with van der Waals surface area (Å²) >= 11 is 0. The predicted molar refractivity (Wildman–Crippen MR) is 78.8 cm³/mol. The molecule has 2 rings (SSSR count). The molecule has 0 unspecified atom stereocenters. The highest BCUT2D eigenvalue weighted by atomic mass is 32.2. The number of sulfonamides is 1. The molecule has 0 aliphatic heterocycles. The number of amides is 1. The molecule has 1 heterocycles. The van der Waals surface area contributed by atoms with Gasteiger partial charge in [-0.25, -0.2) is 8.42 Å². The number of aromatic nitrogens is 1. The van der Waals surface area contributed by atoms with Crippen molar-refractivity contribution in [2.24, 2.45) is 7.05 Å². The van der Waals surface area contributed by atoms with Crippen molar-refractivity contribution in [2.75, 3.05) is 0 Å². The Morgan fingerprint density at radius 3 is 2.60 bits per heavy atom. The van der Waals surface area contributed by atoms with Gasteiger partial charge in [0.25, 0.3) is 0 Å². The van der Waals surface area contributed by atoms with E-state index in [0.717, 1.165) is 16.5 Å². The Morgan fingerprint density at radius 1 is 1.30 bits per heavy atom. The second-order valence-electron chi connectivity index (χ2n) is 5.08. The summed E-state index contributed by atoms with van der Waals surface area (Å²) in [6.07, 6.45) is 1.90. The average molecular weight is 294 g/mol. The Kier molecular flexibility index (Phi) is 3.85. The number of hydrogen-bond donors (Lipinski definition) is 1. The third kappa shape index (κ3) is 2.85. The van der Waals surface area contributed by atoms with Gasteiger partial charge in [0.15, 0.2) is 0 Å². The van der Waals surface area contributed by atoms with E-state index >= 15 is 0 Å². The van der Waals surface area contributed by atoms with Gasteiger partial charge in [-0.05, 0) is 25.5 Å². The van der Waals surface area contributed by atoms with E-state index in [1.54, 1.807) is 0 Å². The SMILES string of the molecule is CC(C)S(=O)(=O)NC(=O)Cc1cn(C)c2ccccc12. The van der Waals surface area contributed by atoms with Crippen LogP contribution in [0, 0.1) is 0 Å². The first-order valence-electron chi connectivity index (χ1n) is 6.38. The van der Waals surface area contributed by atoms with Crippen molar-refractivity contribution in [1.29, 1.82) is 0 Å². The van der Waals surface area contributed by atoms with Gasteiger partial charge in [0.05, 0.1) is 11.7 Å². The fraction of sp³-hybridized carbons (Fsp3) is 0.357. The number of aryl methyl sites for hydroxylation is 1. The summed E-state index contributed by atoms with van der Waals surface area (Å²) in [5, 5.41) is 0.339. The lowest BCUT2D eigenvalue weighted by atomic mass is 10.1. The van der Waals surface area contributed by atoms with Crippen molar-refractivity contribution in [1.82, 2.24) is 9.29 Å². The molecule has 6 heteroatoms. The summed E-state index contributed by atoms with van der Waals surface area (Å²) in [7, 11) is -1.67. The molecule has 1 amide bonds. The van der Waals surface area contributed by atoms with Crippen LogP contribution in [0.4, 0.5) is 0 Å². The minimum Gasteiger partial charge on any atom is -0.350 e. The molecule has 0 saturated carbocycles. The number of nitrogens with zero attached hydrogens (tertiary/aromatic N) is 1. The van der Waals surface area contributed by atoms with Crippen LogP contribution in [0.15, 0.2) is 30.5 Å². The molecule has 0 bridgehead atoms. The zero-order valence-electron chi connectivity index (χ0n) is 11.8. The number of carbonyl (C=O) groups is 1. The summed E-state index contributed by atoms with van der Waals surface area (Å²) in [5.41, 5.74) is 1.83. The third-order valence-electron chi connectivity index (χ3n) is 3.21. The lowest BCUT2D eigenvalue weighted by Gasteiger charge is -2.09. The molecule has 1 aromatic heterocycles. The van der Waals surface area contributed by atoms with Crippen LogP contribution in [0.1, 0.15) is 19.4 Å². The van der Waals surface area contributed by atoms with Gasteiger partial charge in [-0.1, -0.05) is 18.2 Å². The van der Waals surface area contributed by atoms with Crippen LogP contribution >= 0.6 is 0 Å². The van der Waals surface area contributed by atoms with E-state index in [1.165, 1.54) is 13.8 Å². The number of fused-ring (bicyclic) bond motifs is 1. The van der Waals surface area contributed by atoms with Crippen LogP contribution in [-0.2, 0) is 28.3 Å². The van der Waals surface area contributed by atoms with Gasteiger partial charge in [-0.2, -0.15) is 0 Å². The minimum absolute atomic E-state index is 0.0489. The van der Waals surface area contributed by atoms with Crippen LogP contribution in [0.5, 0.6) is 0 Å². The Hall–Kier alpha value is -1.82. The second kappa shape index (κ2) is 5.28. The molecule has 0 saturated heterocycles. The molecular formula is C14H18N2O3S. The quantitative estimate of drug-likeness (QED) is 0.930. The van der Waals surface area contributed by atoms with E-state index in [-0.39, 0.29) is 6.42 Å². The van der Waals surface area contributed by atoms with Crippen LogP contribution < -0.4 is 4.72 Å². The maximum Gasteiger partial charge on any atom is 0.237 e. The van der Waals surface area contributed by atoms with Gasteiger partial charge in [0, 0.05) is 24.1 Å². The summed E-state index contributed by atoms with van der Waals surface area (Å²) in [5.74, 6) is -0.505. The van der Waals surface area contributed by atoms with Crippen molar-refractivity contribution in [2.45, 2.75) is 25.5 Å². The predicted octanol–water partition coefficient (Wildman–Crippen LogP) is 1.58. The third-order valence-corrected chi connectivity index (χ3v) is 4.96. The van der Waals surface area contributed by atoms with Crippen molar-refractivity contribution in [3.8, 4) is 0 Å². The summed E-state index contributed by atoms with van der Waals surface area (Å²) in [6, 6.07) is 7.71. The first-order valence-corrected chi connectivity index (χ1v) is 7.93. The molecule has 1 aromatic carbocycles. The number of rotatable bonds is 4. The highest BCUT2D eigenvalue weighted by molar-refractivity contribution is 7.90. The Labute approximate surface area is 118 Å². The molecule has 0 spiro atoms. The summed E-state index contributed by atoms with van der Waals surface area (Å²) in [4.78, 5) is 11.9. The molecule has 108 valence electrons. The zero-order valence-corrected chi connectivity index (χ0v) is 12.6. The largest absolute Gasteiger partial charge is 0.350 e. The van der Waals surface area contributed by atoms with Crippen molar-refractivity contribution >= 4 is 26.8 Å². The molecular weight excluding hydrogens is 276 g/mol. The smallest absolute Gasteiger partial charge is 0.237 e. The fourth-order valence-corrected chi connectivity index (χ4v) is 2.68. The normalized spacial score (nSPS) is 12.0. The van der Waals surface area contributed by atoms with E-state index in [0.29, 0.717) is 0 Å². The minimum atomic E-state index is -3.57. The Bertz CT molecular complexity index is 745. The number of nitrogens with one attached hydrogen (secondary N) is 1. The molecule has 0 aliphatic rings. The van der Waals surface area contributed by atoms with E-state index < -0.39 is 21.2 Å². The van der Waals surface area contributed by atoms with Crippen molar-refractivity contribution < 1.29 is 13.2 Å². The van der Waals surface area contributed by atoms with Gasteiger partial charge < -0.3 is 4.57 Å². The highest BCUT2D eigenvalue weighted by Crippen LogP contribution is 2.20. The van der Waals surface area contributed by atoms with Crippen LogP contribution in [-0.4, -0.2) is 24.1 Å². The Morgan fingerprint density at radius 2 is 1.95 bits per heavy atom. The summed E-state index contributed by atoms with van der Waals surface area (Å²) < 4.78 is 27.4. The van der Waals surface area contributed by atoms with Crippen LogP contribution in [0.3, 0.4) is 0 Å². The maximum atomic E-state index is 11.9. The molecule has 0 atom stereocenters. The molecule has 5 nitrogen and oxygen atoms in total. The van der Waals surface area contributed by atoms with Gasteiger partial charge in [0.2, 0.25) is 15.9 Å².